The van der Waals surface area contributed by atoms with Crippen LogP contribution < -0.4 is 4.57 Å². The second-order valence-electron chi connectivity index (χ2n) is 3.70. The molecule has 0 aliphatic heterocycles. The zero-order valence-corrected chi connectivity index (χ0v) is 12.5. The van der Waals surface area contributed by atoms with Crippen LogP contribution in [0.1, 0.15) is 22.3 Å². The lowest BCUT2D eigenvalue weighted by Gasteiger charge is -1.98. The Morgan fingerprint density at radius 2 is 2.06 bits per heavy atom. The molecule has 2 aromatic rings. The van der Waals surface area contributed by atoms with Gasteiger partial charge in [0.15, 0.2) is 4.88 Å². The molecule has 0 fully saturated rings. The zero-order chi connectivity index (χ0) is 13.1. The van der Waals surface area contributed by atoms with Crippen LogP contribution in [0.25, 0.3) is 5.69 Å². The van der Waals surface area contributed by atoms with Gasteiger partial charge in [0.2, 0.25) is 16.9 Å². The van der Waals surface area contributed by atoms with E-state index in [1.54, 1.807) is 0 Å². The third-order valence-corrected chi connectivity index (χ3v) is 4.07. The summed E-state index contributed by atoms with van der Waals surface area (Å²) < 4.78 is 8.05. The predicted molar refractivity (Wildman–Crippen MR) is 74.2 cm³/mol. The Balaban J connectivity index is 2.36. The fourth-order valence-corrected chi connectivity index (χ4v) is 2.81. The van der Waals surface area contributed by atoms with E-state index in [2.05, 4.69) is 15.9 Å². The lowest BCUT2D eigenvalue weighted by molar-refractivity contribution is -0.597. The molecule has 0 aliphatic carbocycles. The first-order valence-electron chi connectivity index (χ1n) is 5.56. The first kappa shape index (κ1) is 13.2. The summed E-state index contributed by atoms with van der Waals surface area (Å²) in [5.74, 6) is -0.254. The van der Waals surface area contributed by atoms with Gasteiger partial charge in [0, 0.05) is 23.5 Å². The first-order valence-corrected chi connectivity index (χ1v) is 7.23. The molecule has 0 unspecified atom stereocenters. The predicted octanol–water partition coefficient (Wildman–Crippen LogP) is 3.27. The maximum absolute atomic E-state index is 11.7. The van der Waals surface area contributed by atoms with Gasteiger partial charge in [0.05, 0.1) is 6.61 Å². The van der Waals surface area contributed by atoms with Gasteiger partial charge in [0.1, 0.15) is 0 Å². The van der Waals surface area contributed by atoms with E-state index >= 15 is 0 Å². The lowest BCUT2D eigenvalue weighted by atomic mass is 10.3. The van der Waals surface area contributed by atoms with Crippen LogP contribution in [0.4, 0.5) is 0 Å². The van der Waals surface area contributed by atoms with Crippen molar-refractivity contribution in [3.8, 4) is 5.69 Å². The molecule has 0 saturated heterocycles. The van der Waals surface area contributed by atoms with Gasteiger partial charge in [0.25, 0.3) is 0 Å². The highest BCUT2D eigenvalue weighted by atomic mass is 79.9. The van der Waals surface area contributed by atoms with Crippen molar-refractivity contribution >= 4 is 33.2 Å². The van der Waals surface area contributed by atoms with Crippen molar-refractivity contribution in [2.24, 2.45) is 0 Å². The largest absolute Gasteiger partial charge is 0.462 e. The molecule has 94 valence electrons. The van der Waals surface area contributed by atoms with Crippen molar-refractivity contribution in [2.45, 2.75) is 13.8 Å². The molecule has 0 amide bonds. The first-order chi connectivity index (χ1) is 8.63. The second-order valence-corrected chi connectivity index (χ2v) is 5.48. The Labute approximate surface area is 118 Å². The normalized spacial score (nSPS) is 10.4. The summed E-state index contributed by atoms with van der Waals surface area (Å²) in [4.78, 5) is 12.4. The van der Waals surface area contributed by atoms with E-state index in [-0.39, 0.29) is 5.97 Å². The van der Waals surface area contributed by atoms with E-state index in [0.717, 1.165) is 15.9 Å². The number of hydrogen-bond donors (Lipinski definition) is 0. The number of benzene rings is 1. The number of carbonyl (C=O) groups is 1. The summed E-state index contributed by atoms with van der Waals surface area (Å²) in [7, 11) is 0. The minimum Gasteiger partial charge on any atom is -0.462 e. The molecule has 0 N–H and O–H groups in total. The molecule has 1 aromatic carbocycles. The van der Waals surface area contributed by atoms with Crippen LogP contribution in [0.15, 0.2) is 34.2 Å². The number of halogens is 1. The molecule has 2 rings (SSSR count). The number of ether oxygens (including phenoxy) is 1. The van der Waals surface area contributed by atoms with Gasteiger partial charge in [-0.3, -0.25) is 0 Å². The van der Waals surface area contributed by atoms with Crippen LogP contribution in [-0.4, -0.2) is 12.6 Å². The SMILES string of the molecule is CCOC(=O)c1sc[n+](-c2ccc(Br)cc2)c1C. The van der Waals surface area contributed by atoms with E-state index in [9.17, 15) is 4.79 Å². The molecule has 1 heterocycles. The van der Waals surface area contributed by atoms with Gasteiger partial charge in [-0.15, -0.1) is 0 Å². The standard InChI is InChI=1S/C13H13BrNO2S/c1-3-17-13(16)12-9(2)15(8-18-12)11-6-4-10(14)5-7-11/h4-8H,3H2,1-2H3/q+1. The third kappa shape index (κ3) is 2.62. The fraction of sp³-hybridized carbons (Fsp3) is 0.231. The van der Waals surface area contributed by atoms with E-state index in [1.807, 2.05) is 48.2 Å². The summed E-state index contributed by atoms with van der Waals surface area (Å²) >= 11 is 4.80. The van der Waals surface area contributed by atoms with E-state index in [0.29, 0.717) is 11.5 Å². The number of carbonyl (C=O) groups excluding carboxylic acids is 1. The average Bonchev–Trinajstić information content (AvgIpc) is 2.73. The molecule has 5 heteroatoms. The average molecular weight is 327 g/mol. The Morgan fingerprint density at radius 1 is 1.39 bits per heavy atom. The van der Waals surface area contributed by atoms with Crippen molar-refractivity contribution in [3.05, 3.63) is 44.8 Å². The van der Waals surface area contributed by atoms with Crippen LogP contribution in [0.3, 0.4) is 0 Å². The van der Waals surface area contributed by atoms with Crippen molar-refractivity contribution in [1.82, 2.24) is 0 Å². The molecular weight excluding hydrogens is 314 g/mol. The summed E-state index contributed by atoms with van der Waals surface area (Å²) in [6.07, 6.45) is 0. The van der Waals surface area contributed by atoms with Gasteiger partial charge in [-0.05, 0) is 19.1 Å². The number of esters is 1. The Kier molecular flexibility index (Phi) is 4.14. The Morgan fingerprint density at radius 3 is 2.67 bits per heavy atom. The summed E-state index contributed by atoms with van der Waals surface area (Å²) in [6, 6.07) is 7.95. The smallest absolute Gasteiger partial charge is 0.355 e. The number of hydrogen-bond acceptors (Lipinski definition) is 3. The quantitative estimate of drug-likeness (QED) is 0.640. The van der Waals surface area contributed by atoms with Crippen molar-refractivity contribution in [1.29, 1.82) is 0 Å². The molecule has 0 atom stereocenters. The molecule has 0 bridgehead atoms. The molecule has 0 aliphatic rings. The van der Waals surface area contributed by atoms with E-state index < -0.39 is 0 Å². The molecule has 18 heavy (non-hydrogen) atoms. The summed E-state index contributed by atoms with van der Waals surface area (Å²) in [5.41, 5.74) is 3.86. The highest BCUT2D eigenvalue weighted by Crippen LogP contribution is 2.16. The second kappa shape index (κ2) is 5.63. The number of rotatable bonds is 3. The minimum absolute atomic E-state index is 0.254. The minimum atomic E-state index is -0.254. The summed E-state index contributed by atoms with van der Waals surface area (Å²) in [5, 5.41) is 0. The third-order valence-electron chi connectivity index (χ3n) is 2.53. The highest BCUT2D eigenvalue weighted by Gasteiger charge is 2.23. The molecular formula is C13H13BrNO2S+. The van der Waals surface area contributed by atoms with Gasteiger partial charge in [-0.25, -0.2) is 4.79 Å². The van der Waals surface area contributed by atoms with Crippen LogP contribution in [0, 0.1) is 6.92 Å². The fourth-order valence-electron chi connectivity index (χ4n) is 1.63. The number of nitrogens with zero attached hydrogens (tertiary/aromatic N) is 1. The summed E-state index contributed by atoms with van der Waals surface area (Å²) in [6.45, 7) is 4.13. The maximum atomic E-state index is 11.7. The zero-order valence-electron chi connectivity index (χ0n) is 10.1. The number of aromatic nitrogens is 1. The lowest BCUT2D eigenvalue weighted by Crippen LogP contribution is -2.31. The topological polar surface area (TPSA) is 30.2 Å². The van der Waals surface area contributed by atoms with Gasteiger partial charge in [-0.1, -0.05) is 27.3 Å². The van der Waals surface area contributed by atoms with Gasteiger partial charge in [-0.2, -0.15) is 4.57 Å². The van der Waals surface area contributed by atoms with Gasteiger partial charge >= 0.3 is 5.97 Å². The van der Waals surface area contributed by atoms with E-state index in [4.69, 9.17) is 4.74 Å². The van der Waals surface area contributed by atoms with Crippen molar-refractivity contribution < 1.29 is 14.1 Å². The van der Waals surface area contributed by atoms with Crippen molar-refractivity contribution in [2.75, 3.05) is 6.61 Å². The Bertz CT molecular complexity index is 563. The van der Waals surface area contributed by atoms with Crippen LogP contribution in [0.2, 0.25) is 0 Å². The molecule has 0 saturated carbocycles. The molecule has 3 nitrogen and oxygen atoms in total. The molecule has 0 spiro atoms. The Hall–Kier alpha value is -1.20. The molecule has 0 radical (unpaired) electrons. The van der Waals surface area contributed by atoms with Gasteiger partial charge < -0.3 is 4.74 Å². The molecule has 1 aromatic heterocycles. The maximum Gasteiger partial charge on any atom is 0.355 e. The van der Waals surface area contributed by atoms with Crippen molar-refractivity contribution in [3.63, 3.8) is 0 Å². The van der Waals surface area contributed by atoms with E-state index in [1.165, 1.54) is 11.3 Å². The van der Waals surface area contributed by atoms with Crippen LogP contribution in [0.5, 0.6) is 0 Å². The van der Waals surface area contributed by atoms with Crippen LogP contribution in [-0.2, 0) is 4.74 Å². The van der Waals surface area contributed by atoms with Crippen LogP contribution >= 0.6 is 27.3 Å². The number of thiazole rings is 1. The monoisotopic (exact) mass is 326 g/mol. The highest BCUT2D eigenvalue weighted by molar-refractivity contribution is 9.10.